The summed E-state index contributed by atoms with van der Waals surface area (Å²) in [6.45, 7) is 0.974. The highest BCUT2D eigenvalue weighted by Gasteiger charge is 2.07. The highest BCUT2D eigenvalue weighted by atomic mass is 32.1. The third-order valence-corrected chi connectivity index (χ3v) is 3.61. The Balaban J connectivity index is 1.89. The number of nitrogens with one attached hydrogen (secondary N) is 2. The van der Waals surface area contributed by atoms with Gasteiger partial charge in [0, 0.05) is 0 Å². The zero-order chi connectivity index (χ0) is 15.9. The van der Waals surface area contributed by atoms with Gasteiger partial charge in [-0.3, -0.25) is 10.2 Å². The molecule has 1 aromatic carbocycles. The SMILES string of the molecule is COc1ccc2nc(NC(=O)NCC#CCN(C)C)sc2c1. The number of hydrogen-bond acceptors (Lipinski definition) is 5. The van der Waals surface area contributed by atoms with Gasteiger partial charge in [0.15, 0.2) is 5.13 Å². The third kappa shape index (κ3) is 4.62. The van der Waals surface area contributed by atoms with Crippen molar-refractivity contribution >= 4 is 32.7 Å². The molecule has 6 nitrogen and oxygen atoms in total. The average Bonchev–Trinajstić information content (AvgIpc) is 2.87. The molecule has 1 aromatic heterocycles. The van der Waals surface area contributed by atoms with Crippen molar-refractivity contribution in [1.82, 2.24) is 15.2 Å². The van der Waals surface area contributed by atoms with Crippen LogP contribution in [0.4, 0.5) is 9.93 Å². The molecule has 0 saturated heterocycles. The van der Waals surface area contributed by atoms with Gasteiger partial charge in [-0.05, 0) is 32.3 Å². The molecule has 0 radical (unpaired) electrons. The third-order valence-electron chi connectivity index (χ3n) is 2.67. The van der Waals surface area contributed by atoms with Crippen LogP contribution in [0.1, 0.15) is 0 Å². The fourth-order valence-electron chi connectivity index (χ4n) is 1.63. The van der Waals surface area contributed by atoms with Crippen molar-refractivity contribution < 1.29 is 9.53 Å². The van der Waals surface area contributed by atoms with Gasteiger partial charge in [-0.1, -0.05) is 23.2 Å². The van der Waals surface area contributed by atoms with E-state index in [1.54, 1.807) is 7.11 Å². The van der Waals surface area contributed by atoms with E-state index < -0.39 is 0 Å². The summed E-state index contributed by atoms with van der Waals surface area (Å²) in [7, 11) is 5.50. The van der Waals surface area contributed by atoms with Crippen LogP contribution in [-0.2, 0) is 0 Å². The second-order valence-electron chi connectivity index (χ2n) is 4.75. The van der Waals surface area contributed by atoms with Crippen LogP contribution in [0.25, 0.3) is 10.2 Å². The molecule has 7 heteroatoms. The summed E-state index contributed by atoms with van der Waals surface area (Å²) in [6, 6.07) is 5.28. The Bertz CT molecular complexity index is 715. The topological polar surface area (TPSA) is 66.5 Å². The Morgan fingerprint density at radius 2 is 2.23 bits per heavy atom. The molecular weight excluding hydrogens is 300 g/mol. The standard InChI is InChI=1S/C15H18N4O2S/c1-19(2)9-5-4-8-16-14(20)18-15-17-12-7-6-11(21-3)10-13(12)22-15/h6-7,10H,8-9H2,1-3H3,(H2,16,17,18,20). The molecule has 0 fully saturated rings. The minimum atomic E-state index is -0.315. The molecule has 2 rings (SSSR count). The molecule has 2 aromatic rings. The predicted molar refractivity (Wildman–Crippen MR) is 89.5 cm³/mol. The summed E-state index contributed by atoms with van der Waals surface area (Å²) in [6.07, 6.45) is 0. The molecule has 2 N–H and O–H groups in total. The molecule has 0 bridgehead atoms. The fraction of sp³-hybridized carbons (Fsp3) is 0.333. The molecule has 116 valence electrons. The number of ether oxygens (including phenoxy) is 1. The number of urea groups is 1. The van der Waals surface area contributed by atoms with Crippen LogP contribution in [0.5, 0.6) is 5.75 Å². The van der Waals surface area contributed by atoms with Gasteiger partial charge in [0.25, 0.3) is 0 Å². The Hall–Kier alpha value is -2.30. The van der Waals surface area contributed by atoms with Crippen molar-refractivity contribution in [2.45, 2.75) is 0 Å². The van der Waals surface area contributed by atoms with Crippen molar-refractivity contribution in [3.8, 4) is 17.6 Å². The first-order chi connectivity index (χ1) is 10.6. The minimum absolute atomic E-state index is 0.304. The van der Waals surface area contributed by atoms with Gasteiger partial charge in [-0.2, -0.15) is 0 Å². The number of aromatic nitrogens is 1. The van der Waals surface area contributed by atoms with Gasteiger partial charge < -0.3 is 10.1 Å². The molecule has 0 aliphatic rings. The molecule has 0 spiro atoms. The van der Waals surface area contributed by atoms with Crippen LogP contribution in [0.15, 0.2) is 18.2 Å². The number of methoxy groups -OCH3 is 1. The Labute approximate surface area is 133 Å². The van der Waals surface area contributed by atoms with Crippen LogP contribution in [0, 0.1) is 11.8 Å². The molecule has 22 heavy (non-hydrogen) atoms. The van der Waals surface area contributed by atoms with E-state index in [0.717, 1.165) is 16.0 Å². The van der Waals surface area contributed by atoms with Crippen LogP contribution in [0.3, 0.4) is 0 Å². The normalized spacial score (nSPS) is 10.2. The molecule has 0 atom stereocenters. The van der Waals surface area contributed by atoms with Gasteiger partial charge in [-0.15, -0.1) is 0 Å². The molecule has 0 unspecified atom stereocenters. The van der Waals surface area contributed by atoms with Crippen molar-refractivity contribution in [3.63, 3.8) is 0 Å². The summed E-state index contributed by atoms with van der Waals surface area (Å²) in [5.74, 6) is 6.59. The zero-order valence-electron chi connectivity index (χ0n) is 12.8. The number of carbonyl (C=O) groups excluding carboxylic acids is 1. The Morgan fingerprint density at radius 1 is 1.41 bits per heavy atom. The van der Waals surface area contributed by atoms with Crippen LogP contribution in [0.2, 0.25) is 0 Å². The minimum Gasteiger partial charge on any atom is -0.497 e. The second-order valence-corrected chi connectivity index (χ2v) is 5.78. The van der Waals surface area contributed by atoms with Gasteiger partial charge in [0.05, 0.1) is 30.4 Å². The Morgan fingerprint density at radius 3 is 2.95 bits per heavy atom. The van der Waals surface area contributed by atoms with Gasteiger partial charge in [0.1, 0.15) is 5.75 Å². The number of thiazole rings is 1. The zero-order valence-corrected chi connectivity index (χ0v) is 13.6. The van der Waals surface area contributed by atoms with Crippen molar-refractivity contribution in [2.75, 3.05) is 39.6 Å². The maximum atomic E-state index is 11.8. The van der Waals surface area contributed by atoms with Crippen LogP contribution in [-0.4, -0.2) is 50.2 Å². The van der Waals surface area contributed by atoms with Crippen molar-refractivity contribution in [1.29, 1.82) is 0 Å². The van der Waals surface area contributed by atoms with E-state index >= 15 is 0 Å². The van der Waals surface area contributed by atoms with Crippen molar-refractivity contribution in [2.24, 2.45) is 0 Å². The average molecular weight is 318 g/mol. The smallest absolute Gasteiger partial charge is 0.321 e. The number of rotatable bonds is 4. The highest BCUT2D eigenvalue weighted by molar-refractivity contribution is 7.22. The summed E-state index contributed by atoms with van der Waals surface area (Å²) in [5, 5.41) is 5.92. The first-order valence-electron chi connectivity index (χ1n) is 6.68. The van der Waals surface area contributed by atoms with E-state index in [4.69, 9.17) is 4.74 Å². The van der Waals surface area contributed by atoms with Crippen molar-refractivity contribution in [3.05, 3.63) is 18.2 Å². The largest absolute Gasteiger partial charge is 0.497 e. The predicted octanol–water partition coefficient (Wildman–Crippen LogP) is 1.99. The number of fused-ring (bicyclic) bond motifs is 1. The van der Waals surface area contributed by atoms with Crippen LogP contribution >= 0.6 is 11.3 Å². The monoisotopic (exact) mass is 318 g/mol. The lowest BCUT2D eigenvalue weighted by Gasteiger charge is -2.02. The fourth-order valence-corrected chi connectivity index (χ4v) is 2.52. The summed E-state index contributed by atoms with van der Waals surface area (Å²) < 4.78 is 6.12. The summed E-state index contributed by atoms with van der Waals surface area (Å²) in [5.41, 5.74) is 0.826. The lowest BCUT2D eigenvalue weighted by molar-refractivity contribution is 0.253. The molecule has 2 amide bonds. The number of benzene rings is 1. The lowest BCUT2D eigenvalue weighted by atomic mass is 10.3. The Kier molecular flexibility index (Phi) is 5.58. The maximum absolute atomic E-state index is 11.8. The second kappa shape index (κ2) is 7.64. The van der Waals surface area contributed by atoms with E-state index in [1.165, 1.54) is 11.3 Å². The van der Waals surface area contributed by atoms with Gasteiger partial charge in [0.2, 0.25) is 0 Å². The van der Waals surface area contributed by atoms with E-state index in [0.29, 0.717) is 18.2 Å². The number of amides is 2. The quantitative estimate of drug-likeness (QED) is 0.846. The molecule has 0 aliphatic carbocycles. The summed E-state index contributed by atoms with van der Waals surface area (Å²) >= 11 is 1.40. The number of anilines is 1. The van der Waals surface area contributed by atoms with Crippen LogP contribution < -0.4 is 15.4 Å². The van der Waals surface area contributed by atoms with E-state index in [2.05, 4.69) is 27.5 Å². The number of hydrogen-bond donors (Lipinski definition) is 2. The number of nitrogens with zero attached hydrogens (tertiary/aromatic N) is 2. The maximum Gasteiger partial charge on any atom is 0.321 e. The molecular formula is C15H18N4O2S. The van der Waals surface area contributed by atoms with E-state index in [1.807, 2.05) is 37.2 Å². The first kappa shape index (κ1) is 16.1. The highest BCUT2D eigenvalue weighted by Crippen LogP contribution is 2.28. The number of carbonyl (C=O) groups is 1. The van der Waals surface area contributed by atoms with E-state index in [-0.39, 0.29) is 6.03 Å². The molecule has 1 heterocycles. The molecule has 0 aliphatic heterocycles. The van der Waals surface area contributed by atoms with E-state index in [9.17, 15) is 4.79 Å². The summed E-state index contributed by atoms with van der Waals surface area (Å²) in [4.78, 5) is 18.1. The lowest BCUT2D eigenvalue weighted by Crippen LogP contribution is -2.28. The first-order valence-corrected chi connectivity index (χ1v) is 7.50. The van der Waals surface area contributed by atoms with Gasteiger partial charge in [-0.25, -0.2) is 9.78 Å². The molecule has 0 saturated carbocycles. The van der Waals surface area contributed by atoms with Gasteiger partial charge >= 0.3 is 6.03 Å².